The van der Waals surface area contributed by atoms with Gasteiger partial charge in [-0.15, -0.1) is 0 Å². The molecule has 0 fully saturated rings. The molecule has 1 aliphatic heterocycles. The number of carbonyl (C=O) groups excluding carboxylic acids is 2. The third-order valence-electron chi connectivity index (χ3n) is 6.02. The number of halogens is 3. The van der Waals surface area contributed by atoms with Crippen LogP contribution in [-0.2, 0) is 9.53 Å². The van der Waals surface area contributed by atoms with E-state index < -0.39 is 12.6 Å². The third kappa shape index (κ3) is 8.16. The fourth-order valence-corrected chi connectivity index (χ4v) is 3.96. The second-order valence-electron chi connectivity index (χ2n) is 8.97. The van der Waals surface area contributed by atoms with Gasteiger partial charge in [-0.2, -0.15) is 13.2 Å². The summed E-state index contributed by atoms with van der Waals surface area (Å²) in [7, 11) is 3.18. The first-order valence-corrected chi connectivity index (χ1v) is 11.6. The number of anilines is 1. The van der Waals surface area contributed by atoms with Gasteiger partial charge in [-0.05, 0) is 37.5 Å². The van der Waals surface area contributed by atoms with Crippen molar-refractivity contribution in [3.05, 3.63) is 23.8 Å². The van der Waals surface area contributed by atoms with Crippen LogP contribution in [0.25, 0.3) is 0 Å². The van der Waals surface area contributed by atoms with E-state index in [1.54, 1.807) is 30.1 Å². The number of methoxy groups -OCH3 is 1. The summed E-state index contributed by atoms with van der Waals surface area (Å²) >= 11 is 0. The van der Waals surface area contributed by atoms with Crippen LogP contribution in [0, 0.1) is 5.92 Å². The van der Waals surface area contributed by atoms with E-state index >= 15 is 0 Å². The number of nitrogens with one attached hydrogen (secondary N) is 1. The molecule has 0 bridgehead atoms. The van der Waals surface area contributed by atoms with Crippen molar-refractivity contribution in [2.24, 2.45) is 5.92 Å². The summed E-state index contributed by atoms with van der Waals surface area (Å²) in [6, 6.07) is 4.51. The number of rotatable bonds is 6. The number of fused-ring (bicyclic) bond motifs is 1. The average molecular weight is 488 g/mol. The minimum atomic E-state index is -4.26. The van der Waals surface area contributed by atoms with Gasteiger partial charge in [-0.1, -0.05) is 13.8 Å². The zero-order chi connectivity index (χ0) is 25.5. The van der Waals surface area contributed by atoms with Crippen LogP contribution >= 0.6 is 0 Å². The number of amides is 2. The predicted molar refractivity (Wildman–Crippen MR) is 124 cm³/mol. The van der Waals surface area contributed by atoms with E-state index in [1.807, 2.05) is 20.8 Å². The van der Waals surface area contributed by atoms with Gasteiger partial charge in [0.15, 0.2) is 0 Å². The maximum atomic E-state index is 13.3. The Kier molecular flexibility index (Phi) is 10.2. The molecule has 3 atom stereocenters. The van der Waals surface area contributed by atoms with Gasteiger partial charge in [-0.25, -0.2) is 0 Å². The molecule has 34 heavy (non-hydrogen) atoms. The lowest BCUT2D eigenvalue weighted by Gasteiger charge is -2.36. The lowest BCUT2D eigenvalue weighted by atomic mass is 10.0. The quantitative estimate of drug-likeness (QED) is 0.652. The van der Waals surface area contributed by atoms with Crippen LogP contribution in [0.3, 0.4) is 0 Å². The average Bonchev–Trinajstić information content (AvgIpc) is 2.77. The molecular weight excluding hydrogens is 451 g/mol. The first-order chi connectivity index (χ1) is 15.9. The van der Waals surface area contributed by atoms with Crippen molar-refractivity contribution in [1.29, 1.82) is 0 Å². The highest BCUT2D eigenvalue weighted by molar-refractivity contribution is 5.99. The Morgan fingerprint density at radius 2 is 1.97 bits per heavy atom. The van der Waals surface area contributed by atoms with E-state index in [0.29, 0.717) is 30.8 Å². The van der Waals surface area contributed by atoms with Gasteiger partial charge in [-0.3, -0.25) is 14.5 Å². The van der Waals surface area contributed by atoms with Crippen molar-refractivity contribution in [3.63, 3.8) is 0 Å². The molecule has 1 aliphatic rings. The van der Waals surface area contributed by atoms with Crippen molar-refractivity contribution in [2.75, 3.05) is 45.7 Å². The van der Waals surface area contributed by atoms with E-state index in [2.05, 4.69) is 5.32 Å². The van der Waals surface area contributed by atoms with Crippen molar-refractivity contribution in [1.82, 2.24) is 9.80 Å². The maximum absolute atomic E-state index is 13.3. The summed E-state index contributed by atoms with van der Waals surface area (Å²) in [5.74, 6) is -0.262. The van der Waals surface area contributed by atoms with Crippen molar-refractivity contribution in [3.8, 4) is 5.75 Å². The molecule has 192 valence electrons. The van der Waals surface area contributed by atoms with Crippen LogP contribution < -0.4 is 10.1 Å². The molecule has 0 radical (unpaired) electrons. The van der Waals surface area contributed by atoms with Gasteiger partial charge in [0.25, 0.3) is 5.91 Å². The minimum absolute atomic E-state index is 0.105. The van der Waals surface area contributed by atoms with Gasteiger partial charge in [0.05, 0.1) is 18.1 Å². The summed E-state index contributed by atoms with van der Waals surface area (Å²) in [6.45, 7) is 6.19. The highest BCUT2D eigenvalue weighted by atomic mass is 19.4. The number of carbonyl (C=O) groups is 2. The Morgan fingerprint density at radius 3 is 2.59 bits per heavy atom. The molecule has 1 aromatic rings. The molecule has 0 unspecified atom stereocenters. The van der Waals surface area contributed by atoms with Gasteiger partial charge < -0.3 is 19.7 Å². The second kappa shape index (κ2) is 12.4. The maximum Gasteiger partial charge on any atom is 0.390 e. The van der Waals surface area contributed by atoms with Gasteiger partial charge in [0, 0.05) is 51.9 Å². The Balaban J connectivity index is 2.37. The van der Waals surface area contributed by atoms with Gasteiger partial charge in [0.2, 0.25) is 5.91 Å². The number of hydrogen-bond donors (Lipinski definition) is 1. The molecule has 0 saturated carbocycles. The molecule has 0 saturated heterocycles. The Morgan fingerprint density at radius 1 is 1.26 bits per heavy atom. The topological polar surface area (TPSA) is 71.1 Å². The molecule has 10 heteroatoms. The fourth-order valence-electron chi connectivity index (χ4n) is 3.96. The van der Waals surface area contributed by atoms with Crippen LogP contribution in [0.5, 0.6) is 5.75 Å². The SMILES string of the molecule is CCCC(=O)Nc1ccc2c(c1)C(=O)N(C)C[C@@H](OC)[C@@H](C)CN(CCC(F)(F)F)[C@H](C)CO2. The smallest absolute Gasteiger partial charge is 0.390 e. The van der Waals surface area contributed by atoms with Crippen LogP contribution in [0.4, 0.5) is 18.9 Å². The van der Waals surface area contributed by atoms with Crippen LogP contribution in [0.2, 0.25) is 0 Å². The second-order valence-corrected chi connectivity index (χ2v) is 8.97. The first-order valence-electron chi connectivity index (χ1n) is 11.6. The summed E-state index contributed by atoms with van der Waals surface area (Å²) in [5, 5.41) is 2.78. The third-order valence-corrected chi connectivity index (χ3v) is 6.02. The lowest BCUT2D eigenvalue weighted by Crippen LogP contribution is -2.47. The highest BCUT2D eigenvalue weighted by Crippen LogP contribution is 2.27. The summed E-state index contributed by atoms with van der Waals surface area (Å²) in [4.78, 5) is 28.6. The van der Waals surface area contributed by atoms with Crippen molar-refractivity contribution >= 4 is 17.5 Å². The van der Waals surface area contributed by atoms with Crippen molar-refractivity contribution in [2.45, 2.75) is 58.4 Å². The number of alkyl halides is 3. The summed E-state index contributed by atoms with van der Waals surface area (Å²) in [5.41, 5.74) is 0.750. The van der Waals surface area contributed by atoms with E-state index in [4.69, 9.17) is 9.47 Å². The Labute approximate surface area is 199 Å². The number of likely N-dealkylation sites (N-methyl/N-ethyl adjacent to an activating group) is 1. The van der Waals surface area contributed by atoms with Gasteiger partial charge in [0.1, 0.15) is 12.4 Å². The van der Waals surface area contributed by atoms with E-state index in [-0.39, 0.29) is 55.1 Å². The molecule has 2 rings (SSSR count). The normalized spacial score (nSPS) is 22.9. The molecule has 1 aromatic carbocycles. The molecule has 7 nitrogen and oxygen atoms in total. The van der Waals surface area contributed by atoms with E-state index in [1.165, 1.54) is 12.0 Å². The zero-order valence-electron chi connectivity index (χ0n) is 20.6. The van der Waals surface area contributed by atoms with E-state index in [9.17, 15) is 22.8 Å². The largest absolute Gasteiger partial charge is 0.491 e. The fraction of sp³-hybridized carbons (Fsp3) is 0.667. The number of benzene rings is 1. The first kappa shape index (κ1) is 27.9. The lowest BCUT2D eigenvalue weighted by molar-refractivity contribution is -0.140. The monoisotopic (exact) mass is 487 g/mol. The minimum Gasteiger partial charge on any atom is -0.491 e. The standard InChI is InChI=1S/C24H36F3N3O4/c1-6-7-22(31)28-18-8-9-20-19(12-18)23(32)29(4)14-21(33-5)16(2)13-30(17(3)15-34-20)11-10-24(25,26)27/h8-9,12,16-17,21H,6-7,10-11,13-15H2,1-5H3,(H,28,31)/t16-,17+,21+/m0/s1. The Bertz CT molecular complexity index is 834. The molecule has 1 heterocycles. The van der Waals surface area contributed by atoms with Crippen LogP contribution in [-0.4, -0.2) is 80.3 Å². The summed E-state index contributed by atoms with van der Waals surface area (Å²) in [6.07, 6.45) is -4.49. The molecule has 0 aromatic heterocycles. The molecule has 1 N–H and O–H groups in total. The Hall–Kier alpha value is -2.33. The highest BCUT2D eigenvalue weighted by Gasteiger charge is 2.32. The molecule has 0 aliphatic carbocycles. The van der Waals surface area contributed by atoms with Gasteiger partial charge >= 0.3 is 6.18 Å². The molecule has 0 spiro atoms. The van der Waals surface area contributed by atoms with Crippen molar-refractivity contribution < 1.29 is 32.2 Å². The summed E-state index contributed by atoms with van der Waals surface area (Å²) < 4.78 is 50.4. The molecule has 2 amide bonds. The molecular formula is C24H36F3N3O4. The van der Waals surface area contributed by atoms with E-state index in [0.717, 1.165) is 0 Å². The van der Waals surface area contributed by atoms with Crippen LogP contribution in [0.15, 0.2) is 18.2 Å². The predicted octanol–water partition coefficient (Wildman–Crippen LogP) is 4.18. The zero-order valence-corrected chi connectivity index (χ0v) is 20.6. The number of nitrogens with zero attached hydrogens (tertiary/aromatic N) is 2. The number of hydrogen-bond acceptors (Lipinski definition) is 5. The van der Waals surface area contributed by atoms with Crippen LogP contribution in [0.1, 0.15) is 50.4 Å². The number of ether oxygens (including phenoxy) is 2.